The van der Waals surface area contributed by atoms with E-state index < -0.39 is 0 Å². The van der Waals surface area contributed by atoms with E-state index in [1.54, 1.807) is 0 Å². The molecule has 0 amide bonds. The van der Waals surface area contributed by atoms with E-state index in [0.717, 1.165) is 12.0 Å². The van der Waals surface area contributed by atoms with E-state index in [1.165, 1.54) is 64.6 Å². The van der Waals surface area contributed by atoms with Gasteiger partial charge in [0.25, 0.3) is 0 Å². The van der Waals surface area contributed by atoms with Crippen LogP contribution in [0.25, 0.3) is 0 Å². The Morgan fingerprint density at radius 3 is 2.50 bits per heavy atom. The highest BCUT2D eigenvalue weighted by Crippen LogP contribution is 2.33. The summed E-state index contributed by atoms with van der Waals surface area (Å²) in [6.07, 6.45) is 9.75. The summed E-state index contributed by atoms with van der Waals surface area (Å²) in [5.41, 5.74) is 0.397. The van der Waals surface area contributed by atoms with E-state index in [9.17, 15) is 0 Å². The molecule has 1 aliphatic carbocycles. The molecule has 0 radical (unpaired) electrons. The van der Waals surface area contributed by atoms with Crippen LogP contribution in [0.2, 0.25) is 0 Å². The summed E-state index contributed by atoms with van der Waals surface area (Å²) in [7, 11) is 0. The van der Waals surface area contributed by atoms with Gasteiger partial charge >= 0.3 is 0 Å². The fourth-order valence-electron chi connectivity index (χ4n) is 4.14. The minimum atomic E-state index is 0.397. The van der Waals surface area contributed by atoms with Crippen LogP contribution >= 0.6 is 0 Å². The standard InChI is InChI=1S/C16H32N2/c1-4-14-9-7-8-10-15(14)18-12-11-17-16(5-2,6-3)13-18/h14-15,17H,4-13H2,1-3H3. The predicted molar refractivity (Wildman–Crippen MR) is 78.9 cm³/mol. The Labute approximate surface area is 114 Å². The lowest BCUT2D eigenvalue weighted by atomic mass is 9.80. The minimum Gasteiger partial charge on any atom is -0.309 e. The molecule has 2 heteroatoms. The molecule has 0 spiro atoms. The van der Waals surface area contributed by atoms with E-state index in [-0.39, 0.29) is 0 Å². The topological polar surface area (TPSA) is 15.3 Å². The lowest BCUT2D eigenvalue weighted by Gasteiger charge is -2.49. The zero-order chi connectivity index (χ0) is 13.0. The Kier molecular flexibility index (Phi) is 5.08. The Hall–Kier alpha value is -0.0800. The quantitative estimate of drug-likeness (QED) is 0.825. The maximum Gasteiger partial charge on any atom is 0.0304 e. The lowest BCUT2D eigenvalue weighted by molar-refractivity contribution is 0.0391. The molecule has 106 valence electrons. The van der Waals surface area contributed by atoms with Crippen molar-refractivity contribution >= 4 is 0 Å². The number of rotatable bonds is 4. The Morgan fingerprint density at radius 2 is 1.83 bits per heavy atom. The van der Waals surface area contributed by atoms with Crippen LogP contribution in [0.4, 0.5) is 0 Å². The zero-order valence-electron chi connectivity index (χ0n) is 12.7. The summed E-state index contributed by atoms with van der Waals surface area (Å²) < 4.78 is 0. The molecule has 2 unspecified atom stereocenters. The van der Waals surface area contributed by atoms with Gasteiger partial charge in [0.1, 0.15) is 0 Å². The molecule has 0 aromatic rings. The summed E-state index contributed by atoms with van der Waals surface area (Å²) >= 11 is 0. The summed E-state index contributed by atoms with van der Waals surface area (Å²) in [6.45, 7) is 10.8. The van der Waals surface area contributed by atoms with Gasteiger partial charge < -0.3 is 5.32 Å². The minimum absolute atomic E-state index is 0.397. The van der Waals surface area contributed by atoms with Crippen molar-refractivity contribution in [3.8, 4) is 0 Å². The summed E-state index contributed by atoms with van der Waals surface area (Å²) in [5, 5.41) is 3.79. The molecule has 2 atom stereocenters. The van der Waals surface area contributed by atoms with Gasteiger partial charge in [-0.25, -0.2) is 0 Å². The highest BCUT2D eigenvalue weighted by atomic mass is 15.2. The fourth-order valence-corrected chi connectivity index (χ4v) is 4.14. The summed E-state index contributed by atoms with van der Waals surface area (Å²) in [4.78, 5) is 2.83. The number of hydrogen-bond acceptors (Lipinski definition) is 2. The lowest BCUT2D eigenvalue weighted by Crippen LogP contribution is -2.62. The maximum atomic E-state index is 3.79. The van der Waals surface area contributed by atoms with Gasteiger partial charge in [-0.2, -0.15) is 0 Å². The first-order chi connectivity index (χ1) is 8.74. The van der Waals surface area contributed by atoms with E-state index >= 15 is 0 Å². The summed E-state index contributed by atoms with van der Waals surface area (Å²) in [6, 6.07) is 0.878. The molecule has 0 aromatic carbocycles. The van der Waals surface area contributed by atoms with Crippen molar-refractivity contribution < 1.29 is 0 Å². The van der Waals surface area contributed by atoms with Crippen molar-refractivity contribution in [2.45, 2.75) is 77.3 Å². The smallest absolute Gasteiger partial charge is 0.0304 e. The van der Waals surface area contributed by atoms with Crippen LogP contribution < -0.4 is 5.32 Å². The molecule has 2 rings (SSSR count). The van der Waals surface area contributed by atoms with Crippen LogP contribution in [0.15, 0.2) is 0 Å². The van der Waals surface area contributed by atoms with Crippen molar-refractivity contribution in [3.05, 3.63) is 0 Å². The molecule has 0 aromatic heterocycles. The third kappa shape index (κ3) is 2.91. The number of hydrogen-bond donors (Lipinski definition) is 1. The second-order valence-electron chi connectivity index (χ2n) is 6.40. The molecular formula is C16H32N2. The molecule has 1 saturated carbocycles. The van der Waals surface area contributed by atoms with Crippen LogP contribution in [0.1, 0.15) is 65.7 Å². The van der Waals surface area contributed by atoms with Gasteiger partial charge in [0.15, 0.2) is 0 Å². The average molecular weight is 252 g/mol. The second-order valence-corrected chi connectivity index (χ2v) is 6.40. The van der Waals surface area contributed by atoms with Crippen molar-refractivity contribution in [2.24, 2.45) is 5.92 Å². The largest absolute Gasteiger partial charge is 0.309 e. The van der Waals surface area contributed by atoms with Crippen LogP contribution in [-0.4, -0.2) is 36.1 Å². The first-order valence-electron chi connectivity index (χ1n) is 8.23. The van der Waals surface area contributed by atoms with Crippen molar-refractivity contribution in [1.82, 2.24) is 10.2 Å². The van der Waals surface area contributed by atoms with Crippen LogP contribution in [0.5, 0.6) is 0 Å². The second kappa shape index (κ2) is 6.38. The monoisotopic (exact) mass is 252 g/mol. The molecule has 1 aliphatic heterocycles. The van der Waals surface area contributed by atoms with Crippen molar-refractivity contribution in [3.63, 3.8) is 0 Å². The molecule has 1 N–H and O–H groups in total. The van der Waals surface area contributed by atoms with Crippen molar-refractivity contribution in [1.29, 1.82) is 0 Å². The highest BCUT2D eigenvalue weighted by Gasteiger charge is 2.37. The normalized spacial score (nSPS) is 33.5. The van der Waals surface area contributed by atoms with Gasteiger partial charge in [0.05, 0.1) is 0 Å². The molecule has 18 heavy (non-hydrogen) atoms. The molecule has 1 heterocycles. The van der Waals surface area contributed by atoms with Gasteiger partial charge in [0.2, 0.25) is 0 Å². The molecule has 2 aliphatic rings. The molecule has 1 saturated heterocycles. The van der Waals surface area contributed by atoms with Gasteiger partial charge in [-0.3, -0.25) is 4.90 Å². The van der Waals surface area contributed by atoms with Gasteiger partial charge in [-0.05, 0) is 31.6 Å². The van der Waals surface area contributed by atoms with Crippen LogP contribution in [0, 0.1) is 5.92 Å². The molecule has 2 nitrogen and oxygen atoms in total. The van der Waals surface area contributed by atoms with E-state index in [0.29, 0.717) is 5.54 Å². The summed E-state index contributed by atoms with van der Waals surface area (Å²) in [5.74, 6) is 0.961. The van der Waals surface area contributed by atoms with Gasteiger partial charge in [0, 0.05) is 31.2 Å². The predicted octanol–water partition coefficient (Wildman–Crippen LogP) is 3.42. The average Bonchev–Trinajstić information content (AvgIpc) is 2.47. The first kappa shape index (κ1) is 14.3. The number of piperazine rings is 1. The first-order valence-corrected chi connectivity index (χ1v) is 8.23. The number of nitrogens with one attached hydrogen (secondary N) is 1. The third-order valence-corrected chi connectivity index (χ3v) is 5.62. The fraction of sp³-hybridized carbons (Fsp3) is 1.00. The number of nitrogens with zero attached hydrogens (tertiary/aromatic N) is 1. The third-order valence-electron chi connectivity index (χ3n) is 5.62. The van der Waals surface area contributed by atoms with Gasteiger partial charge in [-0.1, -0.05) is 40.0 Å². The van der Waals surface area contributed by atoms with E-state index in [2.05, 4.69) is 31.0 Å². The SMILES string of the molecule is CCC1CCCCC1N1CCNC(CC)(CC)C1. The zero-order valence-corrected chi connectivity index (χ0v) is 12.7. The molecule has 2 fully saturated rings. The Morgan fingerprint density at radius 1 is 1.11 bits per heavy atom. The van der Waals surface area contributed by atoms with Crippen LogP contribution in [-0.2, 0) is 0 Å². The Balaban J connectivity index is 2.02. The Bertz CT molecular complexity index is 247. The highest BCUT2D eigenvalue weighted by molar-refractivity contribution is 4.96. The maximum absolute atomic E-state index is 3.79. The molecule has 0 bridgehead atoms. The molecular weight excluding hydrogens is 220 g/mol. The van der Waals surface area contributed by atoms with Crippen molar-refractivity contribution in [2.75, 3.05) is 19.6 Å². The van der Waals surface area contributed by atoms with Crippen LogP contribution in [0.3, 0.4) is 0 Å². The van der Waals surface area contributed by atoms with E-state index in [1.807, 2.05) is 0 Å². The van der Waals surface area contributed by atoms with E-state index in [4.69, 9.17) is 0 Å². The van der Waals surface area contributed by atoms with Gasteiger partial charge in [-0.15, -0.1) is 0 Å².